The van der Waals surface area contributed by atoms with Gasteiger partial charge in [-0.2, -0.15) is 0 Å². The van der Waals surface area contributed by atoms with E-state index < -0.39 is 0 Å². The molecular formula is C15H27N3OS. The Hall–Kier alpha value is -0.650. The molecule has 20 heavy (non-hydrogen) atoms. The van der Waals surface area contributed by atoms with E-state index in [1.807, 2.05) is 11.3 Å². The Labute approximate surface area is 126 Å². The molecule has 0 unspecified atom stereocenters. The van der Waals surface area contributed by atoms with Crippen LogP contribution in [0.1, 0.15) is 38.3 Å². The van der Waals surface area contributed by atoms with Gasteiger partial charge in [0.15, 0.2) is 5.13 Å². The zero-order valence-electron chi connectivity index (χ0n) is 13.2. The third-order valence-corrected chi connectivity index (χ3v) is 5.00. The van der Waals surface area contributed by atoms with Crippen LogP contribution in [0.25, 0.3) is 0 Å². The summed E-state index contributed by atoms with van der Waals surface area (Å²) < 4.78 is 5.36. The maximum Gasteiger partial charge on any atom is 0.183 e. The van der Waals surface area contributed by atoms with E-state index in [0.29, 0.717) is 0 Å². The van der Waals surface area contributed by atoms with E-state index in [-0.39, 0.29) is 5.41 Å². The fraction of sp³-hybridized carbons (Fsp3) is 0.800. The highest BCUT2D eigenvalue weighted by Crippen LogP contribution is 2.34. The molecule has 114 valence electrons. The summed E-state index contributed by atoms with van der Waals surface area (Å²) in [6.07, 6.45) is 1.01. The van der Waals surface area contributed by atoms with Crippen LogP contribution in [0.3, 0.4) is 0 Å². The van der Waals surface area contributed by atoms with Crippen molar-refractivity contribution in [2.24, 2.45) is 0 Å². The summed E-state index contributed by atoms with van der Waals surface area (Å²) in [5, 5.41) is 4.55. The maximum atomic E-state index is 5.36. The highest BCUT2D eigenvalue weighted by Gasteiger charge is 2.22. The summed E-state index contributed by atoms with van der Waals surface area (Å²) in [5.74, 6) is 0. The molecule has 1 aromatic heterocycles. The molecule has 0 aromatic carbocycles. The summed E-state index contributed by atoms with van der Waals surface area (Å²) in [6, 6.07) is 0. The second kappa shape index (κ2) is 6.87. The standard InChI is InChI=1S/C15H27N3OS/c1-5-12-13(15(2,3)4)20-14(17-12)16-6-7-18-8-10-19-11-9-18/h5-11H2,1-4H3,(H,16,17). The van der Waals surface area contributed by atoms with Gasteiger partial charge in [0.2, 0.25) is 0 Å². The van der Waals surface area contributed by atoms with Gasteiger partial charge in [-0.3, -0.25) is 4.90 Å². The smallest absolute Gasteiger partial charge is 0.183 e. The number of ether oxygens (including phenoxy) is 1. The van der Waals surface area contributed by atoms with Crippen molar-refractivity contribution in [3.05, 3.63) is 10.6 Å². The Bertz CT molecular complexity index is 419. The largest absolute Gasteiger partial charge is 0.379 e. The van der Waals surface area contributed by atoms with Crippen molar-refractivity contribution in [3.8, 4) is 0 Å². The van der Waals surface area contributed by atoms with Crippen LogP contribution in [0.4, 0.5) is 5.13 Å². The Balaban J connectivity index is 1.88. The molecule has 1 saturated heterocycles. The summed E-state index contributed by atoms with van der Waals surface area (Å²) in [4.78, 5) is 8.59. The van der Waals surface area contributed by atoms with Crippen LogP contribution in [-0.2, 0) is 16.6 Å². The normalized spacial score (nSPS) is 17.4. The average molecular weight is 297 g/mol. The SMILES string of the molecule is CCc1nc(NCCN2CCOCC2)sc1C(C)(C)C. The highest BCUT2D eigenvalue weighted by atomic mass is 32.1. The lowest BCUT2D eigenvalue weighted by molar-refractivity contribution is 0.0398. The molecular weight excluding hydrogens is 270 g/mol. The number of hydrogen-bond donors (Lipinski definition) is 1. The van der Waals surface area contributed by atoms with Gasteiger partial charge >= 0.3 is 0 Å². The van der Waals surface area contributed by atoms with Gasteiger partial charge in [-0.05, 0) is 11.8 Å². The van der Waals surface area contributed by atoms with Crippen molar-refractivity contribution in [1.29, 1.82) is 0 Å². The van der Waals surface area contributed by atoms with Crippen LogP contribution >= 0.6 is 11.3 Å². The van der Waals surface area contributed by atoms with Gasteiger partial charge in [0, 0.05) is 31.1 Å². The Kier molecular flexibility index (Phi) is 5.41. The van der Waals surface area contributed by atoms with Gasteiger partial charge in [0.05, 0.1) is 18.9 Å². The Morgan fingerprint density at radius 2 is 2.00 bits per heavy atom. The van der Waals surface area contributed by atoms with E-state index in [4.69, 9.17) is 9.72 Å². The predicted octanol–water partition coefficient (Wildman–Crippen LogP) is 2.75. The van der Waals surface area contributed by atoms with Gasteiger partial charge in [-0.15, -0.1) is 11.3 Å². The monoisotopic (exact) mass is 297 g/mol. The van der Waals surface area contributed by atoms with Gasteiger partial charge in [0.1, 0.15) is 0 Å². The van der Waals surface area contributed by atoms with Gasteiger partial charge in [0.25, 0.3) is 0 Å². The Morgan fingerprint density at radius 1 is 1.30 bits per heavy atom. The van der Waals surface area contributed by atoms with Crippen molar-refractivity contribution < 1.29 is 4.74 Å². The summed E-state index contributed by atoms with van der Waals surface area (Å²) in [5.41, 5.74) is 1.43. The molecule has 2 heterocycles. The maximum absolute atomic E-state index is 5.36. The molecule has 2 rings (SSSR count). The molecule has 0 saturated carbocycles. The van der Waals surface area contributed by atoms with Crippen LogP contribution < -0.4 is 5.32 Å². The quantitative estimate of drug-likeness (QED) is 0.907. The van der Waals surface area contributed by atoms with Gasteiger partial charge in [-0.1, -0.05) is 27.7 Å². The number of rotatable bonds is 5. The second-order valence-electron chi connectivity index (χ2n) is 6.28. The molecule has 4 nitrogen and oxygen atoms in total. The summed E-state index contributed by atoms with van der Waals surface area (Å²) in [7, 11) is 0. The molecule has 1 aromatic rings. The average Bonchev–Trinajstić information content (AvgIpc) is 2.83. The minimum atomic E-state index is 0.188. The fourth-order valence-corrected chi connectivity index (χ4v) is 3.54. The van der Waals surface area contributed by atoms with Crippen molar-refractivity contribution in [2.45, 2.75) is 39.5 Å². The first kappa shape index (κ1) is 15.7. The van der Waals surface area contributed by atoms with E-state index in [0.717, 1.165) is 50.9 Å². The molecule has 0 spiro atoms. The second-order valence-corrected chi connectivity index (χ2v) is 7.28. The van der Waals surface area contributed by atoms with Gasteiger partial charge < -0.3 is 10.1 Å². The molecule has 1 aliphatic rings. The molecule has 0 bridgehead atoms. The van der Waals surface area contributed by atoms with E-state index in [2.05, 4.69) is 37.9 Å². The number of morpholine rings is 1. The lowest BCUT2D eigenvalue weighted by Crippen LogP contribution is -2.38. The number of aryl methyl sites for hydroxylation is 1. The number of anilines is 1. The highest BCUT2D eigenvalue weighted by molar-refractivity contribution is 7.15. The first-order valence-electron chi connectivity index (χ1n) is 7.55. The van der Waals surface area contributed by atoms with E-state index >= 15 is 0 Å². The van der Waals surface area contributed by atoms with Crippen LogP contribution in [0.2, 0.25) is 0 Å². The minimum absolute atomic E-state index is 0.188. The molecule has 0 atom stereocenters. The summed E-state index contributed by atoms with van der Waals surface area (Å²) >= 11 is 1.81. The molecule has 0 radical (unpaired) electrons. The third-order valence-electron chi connectivity index (χ3n) is 3.52. The lowest BCUT2D eigenvalue weighted by Gasteiger charge is -2.26. The van der Waals surface area contributed by atoms with Crippen molar-refractivity contribution in [2.75, 3.05) is 44.7 Å². The van der Waals surface area contributed by atoms with E-state index in [1.165, 1.54) is 10.6 Å². The van der Waals surface area contributed by atoms with Crippen LogP contribution in [-0.4, -0.2) is 49.3 Å². The zero-order chi connectivity index (χ0) is 14.6. The van der Waals surface area contributed by atoms with E-state index in [1.54, 1.807) is 0 Å². The van der Waals surface area contributed by atoms with Crippen molar-refractivity contribution >= 4 is 16.5 Å². The molecule has 0 aliphatic carbocycles. The molecule has 1 N–H and O–H groups in total. The zero-order valence-corrected chi connectivity index (χ0v) is 14.0. The minimum Gasteiger partial charge on any atom is -0.379 e. The van der Waals surface area contributed by atoms with Gasteiger partial charge in [-0.25, -0.2) is 4.98 Å². The number of thiazole rings is 1. The third kappa shape index (κ3) is 4.17. The van der Waals surface area contributed by atoms with Crippen molar-refractivity contribution in [3.63, 3.8) is 0 Å². The van der Waals surface area contributed by atoms with Crippen LogP contribution in [0.5, 0.6) is 0 Å². The summed E-state index contributed by atoms with van der Waals surface area (Å²) in [6.45, 7) is 14.8. The van der Waals surface area contributed by atoms with E-state index in [9.17, 15) is 0 Å². The Morgan fingerprint density at radius 3 is 2.55 bits per heavy atom. The van der Waals surface area contributed by atoms with Crippen molar-refractivity contribution in [1.82, 2.24) is 9.88 Å². The number of hydrogen-bond acceptors (Lipinski definition) is 5. The lowest BCUT2D eigenvalue weighted by atomic mass is 9.93. The first-order valence-corrected chi connectivity index (χ1v) is 8.36. The molecule has 0 amide bonds. The van der Waals surface area contributed by atoms with Crippen LogP contribution in [0, 0.1) is 0 Å². The van der Waals surface area contributed by atoms with Crippen LogP contribution in [0.15, 0.2) is 0 Å². The first-order chi connectivity index (χ1) is 9.50. The fourth-order valence-electron chi connectivity index (χ4n) is 2.40. The predicted molar refractivity (Wildman–Crippen MR) is 85.9 cm³/mol. The topological polar surface area (TPSA) is 37.4 Å². The molecule has 5 heteroatoms. The number of aromatic nitrogens is 1. The molecule has 1 fully saturated rings. The molecule has 1 aliphatic heterocycles. The number of nitrogens with one attached hydrogen (secondary N) is 1. The number of nitrogens with zero attached hydrogens (tertiary/aromatic N) is 2.